The molecular weight excluding hydrogens is 355 g/mol. The third-order valence-corrected chi connectivity index (χ3v) is 8.07. The molecule has 1 aliphatic heterocycles. The predicted octanol–water partition coefficient (Wildman–Crippen LogP) is 2.00. The van der Waals surface area contributed by atoms with Gasteiger partial charge in [0.05, 0.1) is 0 Å². The zero-order valence-electron chi connectivity index (χ0n) is 12.4. The number of nitrogens with zero attached hydrogens (tertiary/aromatic N) is 2. The van der Waals surface area contributed by atoms with Gasteiger partial charge in [-0.2, -0.15) is 0 Å². The van der Waals surface area contributed by atoms with E-state index in [9.17, 15) is 0 Å². The van der Waals surface area contributed by atoms with Gasteiger partial charge in [-0.25, -0.2) is 0 Å². The number of rotatable bonds is 1. The second kappa shape index (κ2) is 5.54. The molecule has 4 heteroatoms. The molecule has 22 heavy (non-hydrogen) atoms. The van der Waals surface area contributed by atoms with Gasteiger partial charge in [0.1, 0.15) is 0 Å². The van der Waals surface area contributed by atoms with E-state index in [1.54, 1.807) is 0 Å². The van der Waals surface area contributed by atoms with Crippen LogP contribution in [0.1, 0.15) is 5.56 Å². The summed E-state index contributed by atoms with van der Waals surface area (Å²) in [6.07, 6.45) is 5.83. The summed E-state index contributed by atoms with van der Waals surface area (Å²) in [7, 11) is 2.09. The van der Waals surface area contributed by atoms with Gasteiger partial charge in [-0.1, -0.05) is 0 Å². The number of aryl methyl sites for hydroxylation is 2. The monoisotopic (exact) mass is 371 g/mol. The van der Waals surface area contributed by atoms with Crippen LogP contribution in [-0.2, 0) is 7.05 Å². The fraction of sp³-hybridized carbons (Fsp3) is 0.111. The Bertz CT molecular complexity index is 877. The minimum atomic E-state index is 0.335. The van der Waals surface area contributed by atoms with Crippen molar-refractivity contribution in [1.29, 1.82) is 0 Å². The molecule has 2 nitrogen and oxygen atoms in total. The molecule has 0 aliphatic carbocycles. The van der Waals surface area contributed by atoms with Gasteiger partial charge in [0.2, 0.25) is 0 Å². The number of hydrogen-bond acceptors (Lipinski definition) is 2. The molecule has 0 unspecified atom stereocenters. The van der Waals surface area contributed by atoms with Gasteiger partial charge in [0.15, 0.2) is 0 Å². The standard InChI is InChI=1S/C18H15N2SSe/c1-12-7-8-15-18(17(12)13-11-19-9-10-20(13)2)22-16-6-4-3-5-14(16)21-15/h3-11H,1-2H3/q+1. The zero-order chi connectivity index (χ0) is 15.1. The maximum absolute atomic E-state index is 4.34. The predicted molar refractivity (Wildman–Crippen MR) is 91.2 cm³/mol. The topological polar surface area (TPSA) is 16.8 Å². The average Bonchev–Trinajstić information content (AvgIpc) is 2.54. The Labute approximate surface area is 140 Å². The van der Waals surface area contributed by atoms with Crippen molar-refractivity contribution in [2.24, 2.45) is 7.05 Å². The van der Waals surface area contributed by atoms with Crippen LogP contribution in [-0.4, -0.2) is 19.9 Å². The van der Waals surface area contributed by atoms with Crippen molar-refractivity contribution >= 4 is 35.6 Å². The zero-order valence-corrected chi connectivity index (χ0v) is 14.9. The van der Waals surface area contributed by atoms with Gasteiger partial charge in [0.25, 0.3) is 0 Å². The van der Waals surface area contributed by atoms with Gasteiger partial charge in [-0.3, -0.25) is 0 Å². The molecule has 3 aromatic rings. The Morgan fingerprint density at radius 1 is 1.09 bits per heavy atom. The van der Waals surface area contributed by atoms with E-state index in [2.05, 4.69) is 59.9 Å². The Hall–Kier alpha value is -1.61. The van der Waals surface area contributed by atoms with Crippen LogP contribution in [0, 0.1) is 6.92 Å². The van der Waals surface area contributed by atoms with Crippen molar-refractivity contribution in [2.45, 2.75) is 16.7 Å². The first-order valence-electron chi connectivity index (χ1n) is 7.12. The third kappa shape index (κ3) is 2.28. The van der Waals surface area contributed by atoms with E-state index >= 15 is 0 Å². The Morgan fingerprint density at radius 2 is 1.95 bits per heavy atom. The van der Waals surface area contributed by atoms with Crippen molar-refractivity contribution in [2.75, 3.05) is 0 Å². The summed E-state index contributed by atoms with van der Waals surface area (Å²) in [5.74, 6) is 0. The summed E-state index contributed by atoms with van der Waals surface area (Å²) >= 11 is 2.23. The molecule has 0 amide bonds. The van der Waals surface area contributed by atoms with Crippen LogP contribution in [0.5, 0.6) is 0 Å². The number of hydrogen-bond donors (Lipinski definition) is 0. The third-order valence-electron chi connectivity index (χ3n) is 3.82. The van der Waals surface area contributed by atoms with Gasteiger partial charge < -0.3 is 0 Å². The van der Waals surface area contributed by atoms with Crippen molar-refractivity contribution in [3.63, 3.8) is 0 Å². The summed E-state index contributed by atoms with van der Waals surface area (Å²) in [5.41, 5.74) is 3.87. The van der Waals surface area contributed by atoms with Crippen LogP contribution in [0.25, 0.3) is 11.3 Å². The summed E-state index contributed by atoms with van der Waals surface area (Å²) in [6.45, 7) is 2.20. The summed E-state index contributed by atoms with van der Waals surface area (Å²) < 4.78 is 5.13. The first-order valence-corrected chi connectivity index (χ1v) is 9.65. The minimum absolute atomic E-state index is 0.335. The number of benzene rings is 2. The van der Waals surface area contributed by atoms with Gasteiger partial charge >= 0.3 is 141 Å². The van der Waals surface area contributed by atoms with Crippen LogP contribution in [0.15, 0.2) is 64.8 Å². The van der Waals surface area contributed by atoms with E-state index in [1.807, 2.05) is 30.4 Å². The fourth-order valence-electron chi connectivity index (χ4n) is 2.67. The van der Waals surface area contributed by atoms with Crippen molar-refractivity contribution in [3.05, 3.63) is 60.6 Å². The van der Waals surface area contributed by atoms with E-state index in [-0.39, 0.29) is 0 Å². The Morgan fingerprint density at radius 3 is 2.82 bits per heavy atom. The fourth-order valence-corrected chi connectivity index (χ4v) is 6.76. The normalized spacial score (nSPS) is 12.6. The maximum atomic E-state index is 4.34. The summed E-state index contributed by atoms with van der Waals surface area (Å²) in [5, 5.41) is 0. The van der Waals surface area contributed by atoms with Crippen molar-refractivity contribution in [1.82, 2.24) is 4.98 Å². The molecule has 0 atom stereocenters. The van der Waals surface area contributed by atoms with Crippen LogP contribution in [0.4, 0.5) is 0 Å². The molecule has 2 heterocycles. The molecule has 0 spiro atoms. The SMILES string of the molecule is Cc1ccc2c(c1-c1cncc[n+]1C)[Se]c1ccccc1S2. The molecule has 108 valence electrons. The second-order valence-electron chi connectivity index (χ2n) is 5.31. The Balaban J connectivity index is 1.94. The van der Waals surface area contributed by atoms with E-state index in [4.69, 9.17) is 0 Å². The molecule has 0 saturated carbocycles. The van der Waals surface area contributed by atoms with E-state index in [0.717, 1.165) is 0 Å². The molecule has 2 aromatic carbocycles. The van der Waals surface area contributed by atoms with Crippen LogP contribution < -0.4 is 13.5 Å². The molecule has 1 aliphatic rings. The first kappa shape index (κ1) is 14.0. The molecule has 4 rings (SSSR count). The first-order chi connectivity index (χ1) is 10.7. The van der Waals surface area contributed by atoms with Crippen molar-refractivity contribution in [3.8, 4) is 11.3 Å². The number of fused-ring (bicyclic) bond motifs is 2. The summed E-state index contributed by atoms with van der Waals surface area (Å²) in [4.78, 5) is 7.13. The van der Waals surface area contributed by atoms with Crippen LogP contribution >= 0.6 is 11.8 Å². The van der Waals surface area contributed by atoms with Gasteiger partial charge in [0, 0.05) is 0 Å². The van der Waals surface area contributed by atoms with E-state index in [0.29, 0.717) is 15.0 Å². The van der Waals surface area contributed by atoms with E-state index < -0.39 is 0 Å². The summed E-state index contributed by atoms with van der Waals surface area (Å²) in [6, 6.07) is 13.3. The van der Waals surface area contributed by atoms with Crippen molar-refractivity contribution < 1.29 is 4.57 Å². The average molecular weight is 370 g/mol. The quantitative estimate of drug-likeness (QED) is 0.377. The molecule has 0 saturated heterocycles. The van der Waals surface area contributed by atoms with Gasteiger partial charge in [-0.15, -0.1) is 0 Å². The van der Waals surface area contributed by atoms with E-state index in [1.165, 1.54) is 35.5 Å². The number of aromatic nitrogens is 2. The molecule has 0 N–H and O–H groups in total. The second-order valence-corrected chi connectivity index (χ2v) is 8.60. The molecular formula is C18H15N2SSe+. The molecule has 0 radical (unpaired) electrons. The molecule has 0 fully saturated rings. The van der Waals surface area contributed by atoms with Crippen LogP contribution in [0.3, 0.4) is 0 Å². The Kier molecular flexibility index (Phi) is 3.53. The molecule has 0 bridgehead atoms. The van der Waals surface area contributed by atoms with Gasteiger partial charge in [-0.05, 0) is 0 Å². The van der Waals surface area contributed by atoms with Crippen LogP contribution in [0.2, 0.25) is 0 Å². The molecule has 1 aromatic heterocycles.